The van der Waals surface area contributed by atoms with Crippen molar-refractivity contribution in [1.29, 1.82) is 5.26 Å². The maximum atomic E-state index is 12.9. The Morgan fingerprint density at radius 3 is 2.74 bits per heavy atom. The molecule has 6 heteroatoms. The third-order valence-corrected chi connectivity index (χ3v) is 2.40. The fourth-order valence-electron chi connectivity index (χ4n) is 1.46. The van der Waals surface area contributed by atoms with Gasteiger partial charge < -0.3 is 10.3 Å². The number of carbonyl (C=O) groups is 1. The summed E-state index contributed by atoms with van der Waals surface area (Å²) in [6.07, 6.45) is 1.26. The zero-order valence-corrected chi connectivity index (χ0v) is 9.61. The van der Waals surface area contributed by atoms with E-state index in [0.717, 1.165) is 12.1 Å². The van der Waals surface area contributed by atoms with Gasteiger partial charge in [-0.1, -0.05) is 0 Å². The van der Waals surface area contributed by atoms with E-state index in [2.05, 4.69) is 10.3 Å². The summed E-state index contributed by atoms with van der Waals surface area (Å²) in [5.41, 5.74) is 0.140. The van der Waals surface area contributed by atoms with E-state index in [0.29, 0.717) is 0 Å². The van der Waals surface area contributed by atoms with Crippen molar-refractivity contribution in [2.75, 3.05) is 5.32 Å². The molecule has 0 saturated carbocycles. The van der Waals surface area contributed by atoms with Gasteiger partial charge in [0, 0.05) is 12.3 Å². The Balaban J connectivity index is 2.27. The van der Waals surface area contributed by atoms with Crippen LogP contribution < -0.4 is 10.9 Å². The molecule has 19 heavy (non-hydrogen) atoms. The predicted octanol–water partition coefficient (Wildman–Crippen LogP) is 1.64. The van der Waals surface area contributed by atoms with Crippen molar-refractivity contribution in [2.45, 2.75) is 0 Å². The van der Waals surface area contributed by atoms with Gasteiger partial charge in [0.2, 0.25) is 5.56 Å². The van der Waals surface area contributed by atoms with Crippen molar-refractivity contribution in [2.24, 2.45) is 0 Å². The molecule has 0 atom stereocenters. The second-order valence-corrected chi connectivity index (χ2v) is 3.70. The molecule has 1 amide bonds. The Morgan fingerprint density at radius 1 is 1.32 bits per heavy atom. The number of H-pyrrole nitrogens is 1. The average Bonchev–Trinajstić information content (AvgIpc) is 2.41. The number of aromatic nitrogens is 1. The van der Waals surface area contributed by atoms with Gasteiger partial charge in [-0.15, -0.1) is 0 Å². The number of aromatic amines is 1. The van der Waals surface area contributed by atoms with E-state index in [9.17, 15) is 14.0 Å². The van der Waals surface area contributed by atoms with Gasteiger partial charge in [-0.25, -0.2) is 4.39 Å². The van der Waals surface area contributed by atoms with Gasteiger partial charge in [0.15, 0.2) is 0 Å². The van der Waals surface area contributed by atoms with E-state index < -0.39 is 11.7 Å². The summed E-state index contributed by atoms with van der Waals surface area (Å²) in [4.78, 5) is 25.1. The first-order chi connectivity index (χ1) is 9.10. The average molecular weight is 257 g/mol. The first-order valence-electron chi connectivity index (χ1n) is 5.30. The summed E-state index contributed by atoms with van der Waals surface area (Å²) in [7, 11) is 0. The SMILES string of the molecule is N#Cc1cc(F)ccc1NC(=O)c1ccc(=O)[nH]c1. The van der Waals surface area contributed by atoms with Crippen LogP contribution in [0.25, 0.3) is 0 Å². The summed E-state index contributed by atoms with van der Waals surface area (Å²) in [6.45, 7) is 0. The molecule has 2 rings (SSSR count). The summed E-state index contributed by atoms with van der Waals surface area (Å²) in [5.74, 6) is -1.06. The first-order valence-corrected chi connectivity index (χ1v) is 5.30. The van der Waals surface area contributed by atoms with Crippen LogP contribution in [0.5, 0.6) is 0 Å². The fraction of sp³-hybridized carbons (Fsp3) is 0. The molecule has 0 unspecified atom stereocenters. The number of nitrogens with one attached hydrogen (secondary N) is 2. The Labute approximate surface area is 107 Å². The van der Waals surface area contributed by atoms with Crippen molar-refractivity contribution in [3.63, 3.8) is 0 Å². The maximum Gasteiger partial charge on any atom is 0.257 e. The van der Waals surface area contributed by atoms with Crippen molar-refractivity contribution in [3.8, 4) is 6.07 Å². The molecule has 1 heterocycles. The molecule has 0 aliphatic carbocycles. The minimum atomic E-state index is -0.557. The van der Waals surface area contributed by atoms with Gasteiger partial charge in [-0.05, 0) is 24.3 Å². The highest BCUT2D eigenvalue weighted by Gasteiger charge is 2.09. The van der Waals surface area contributed by atoms with Gasteiger partial charge in [0.1, 0.15) is 11.9 Å². The quantitative estimate of drug-likeness (QED) is 0.857. The van der Waals surface area contributed by atoms with Crippen LogP contribution >= 0.6 is 0 Å². The zero-order valence-electron chi connectivity index (χ0n) is 9.61. The third kappa shape index (κ3) is 2.84. The van der Waals surface area contributed by atoms with Crippen LogP contribution in [-0.4, -0.2) is 10.9 Å². The van der Waals surface area contributed by atoms with Crippen molar-refractivity contribution >= 4 is 11.6 Å². The van der Waals surface area contributed by atoms with Crippen molar-refractivity contribution in [1.82, 2.24) is 4.98 Å². The van der Waals surface area contributed by atoms with E-state index in [1.807, 2.05) is 0 Å². The van der Waals surface area contributed by atoms with E-state index in [1.54, 1.807) is 6.07 Å². The van der Waals surface area contributed by atoms with Gasteiger partial charge in [-0.3, -0.25) is 9.59 Å². The Morgan fingerprint density at radius 2 is 2.11 bits per heavy atom. The van der Waals surface area contributed by atoms with E-state index >= 15 is 0 Å². The minimum Gasteiger partial charge on any atom is -0.328 e. The number of hydrogen-bond acceptors (Lipinski definition) is 3. The number of nitrogens with zero attached hydrogens (tertiary/aromatic N) is 1. The molecule has 0 saturated heterocycles. The fourth-order valence-corrected chi connectivity index (χ4v) is 1.46. The Hall–Kier alpha value is -2.94. The van der Waals surface area contributed by atoms with Crippen molar-refractivity contribution in [3.05, 3.63) is 63.8 Å². The molecule has 0 bridgehead atoms. The molecule has 0 radical (unpaired) electrons. The van der Waals surface area contributed by atoms with Gasteiger partial charge >= 0.3 is 0 Å². The number of carbonyl (C=O) groups excluding carboxylic acids is 1. The molecule has 2 N–H and O–H groups in total. The lowest BCUT2D eigenvalue weighted by Gasteiger charge is -2.06. The van der Waals surface area contributed by atoms with Crippen LogP contribution in [0.4, 0.5) is 10.1 Å². The Bertz CT molecular complexity index is 711. The maximum absolute atomic E-state index is 12.9. The first kappa shape index (κ1) is 12.5. The summed E-state index contributed by atoms with van der Waals surface area (Å²) in [5, 5.41) is 11.3. The molecular formula is C13H8FN3O2. The molecule has 94 valence electrons. The highest BCUT2D eigenvalue weighted by Crippen LogP contribution is 2.16. The second kappa shape index (κ2) is 5.14. The molecule has 0 fully saturated rings. The molecule has 0 spiro atoms. The summed E-state index contributed by atoms with van der Waals surface area (Å²) in [6, 6.07) is 7.83. The monoisotopic (exact) mass is 257 g/mol. The lowest BCUT2D eigenvalue weighted by Crippen LogP contribution is -2.15. The standard InChI is InChI=1S/C13H8FN3O2/c14-10-2-3-11(9(5-10)6-15)17-13(19)8-1-4-12(18)16-7-8/h1-5,7H,(H,16,18)(H,17,19). The van der Waals surface area contributed by atoms with Crippen LogP contribution in [-0.2, 0) is 0 Å². The van der Waals surface area contributed by atoms with Crippen LogP contribution in [0.1, 0.15) is 15.9 Å². The zero-order chi connectivity index (χ0) is 13.8. The third-order valence-electron chi connectivity index (χ3n) is 2.40. The highest BCUT2D eigenvalue weighted by atomic mass is 19.1. The van der Waals surface area contributed by atoms with E-state index in [4.69, 9.17) is 5.26 Å². The number of nitriles is 1. The van der Waals surface area contributed by atoms with Crippen LogP contribution in [0, 0.1) is 17.1 Å². The molecular weight excluding hydrogens is 249 g/mol. The highest BCUT2D eigenvalue weighted by molar-refractivity contribution is 6.04. The topological polar surface area (TPSA) is 85.8 Å². The number of anilines is 1. The number of rotatable bonds is 2. The van der Waals surface area contributed by atoms with Crippen molar-refractivity contribution < 1.29 is 9.18 Å². The number of pyridine rings is 1. The predicted molar refractivity (Wildman–Crippen MR) is 66.1 cm³/mol. The molecule has 0 aliphatic rings. The van der Waals surface area contributed by atoms with Gasteiger partial charge in [-0.2, -0.15) is 5.26 Å². The number of halogens is 1. The molecule has 0 aliphatic heterocycles. The van der Waals surface area contributed by atoms with Crippen LogP contribution in [0.3, 0.4) is 0 Å². The smallest absolute Gasteiger partial charge is 0.257 e. The van der Waals surface area contributed by atoms with E-state index in [1.165, 1.54) is 24.4 Å². The molecule has 1 aromatic carbocycles. The minimum absolute atomic E-state index is 0.0257. The molecule has 1 aromatic heterocycles. The lowest BCUT2D eigenvalue weighted by atomic mass is 10.1. The van der Waals surface area contributed by atoms with Crippen LogP contribution in [0.15, 0.2) is 41.3 Å². The number of amides is 1. The lowest BCUT2D eigenvalue weighted by molar-refractivity contribution is 0.102. The van der Waals surface area contributed by atoms with Gasteiger partial charge in [0.05, 0.1) is 16.8 Å². The normalized spacial score (nSPS) is 9.68. The largest absolute Gasteiger partial charge is 0.328 e. The molecule has 5 nitrogen and oxygen atoms in total. The van der Waals surface area contributed by atoms with Gasteiger partial charge in [0.25, 0.3) is 5.91 Å². The summed E-state index contributed by atoms with van der Waals surface area (Å²) >= 11 is 0. The Kier molecular flexibility index (Phi) is 3.39. The van der Waals surface area contributed by atoms with Crippen LogP contribution in [0.2, 0.25) is 0 Å². The molecule has 2 aromatic rings. The summed E-state index contributed by atoms with van der Waals surface area (Å²) < 4.78 is 12.9. The second-order valence-electron chi connectivity index (χ2n) is 3.70. The number of hydrogen-bond donors (Lipinski definition) is 2. The number of benzene rings is 1. The van der Waals surface area contributed by atoms with E-state index in [-0.39, 0.29) is 22.4 Å².